The van der Waals surface area contributed by atoms with E-state index in [1.54, 1.807) is 14.2 Å². The van der Waals surface area contributed by atoms with E-state index in [2.05, 4.69) is 20.5 Å². The van der Waals surface area contributed by atoms with Gasteiger partial charge >= 0.3 is 0 Å². The lowest BCUT2D eigenvalue weighted by Gasteiger charge is -2.21. The van der Waals surface area contributed by atoms with Crippen molar-refractivity contribution in [3.8, 4) is 0 Å². The zero-order valence-electron chi connectivity index (χ0n) is 13.2. The molecule has 0 spiro atoms. The maximum absolute atomic E-state index is 11.9. The average molecular weight is 304 g/mol. The molecule has 0 bridgehead atoms. The third-order valence-electron chi connectivity index (χ3n) is 3.66. The highest BCUT2D eigenvalue weighted by molar-refractivity contribution is 5.95. The largest absolute Gasteiger partial charge is 0.384 e. The average Bonchev–Trinajstić information content (AvgIpc) is 2.98. The zero-order chi connectivity index (χ0) is 15.8. The minimum absolute atomic E-state index is 0.0833. The fourth-order valence-electron chi connectivity index (χ4n) is 2.62. The molecule has 0 saturated carbocycles. The molecule has 1 unspecified atom stereocenters. The van der Waals surface area contributed by atoms with Crippen LogP contribution >= 0.6 is 0 Å². The Hall–Kier alpha value is -2.08. The Morgan fingerprint density at radius 1 is 1.41 bits per heavy atom. The van der Waals surface area contributed by atoms with E-state index >= 15 is 0 Å². The Morgan fingerprint density at radius 3 is 2.86 bits per heavy atom. The summed E-state index contributed by atoms with van der Waals surface area (Å²) in [6.45, 7) is 2.82. The number of methoxy groups -OCH3 is 1. The van der Waals surface area contributed by atoms with Crippen molar-refractivity contribution in [2.45, 2.75) is 6.42 Å². The third kappa shape index (κ3) is 4.73. The second-order valence-corrected chi connectivity index (χ2v) is 5.37. The number of guanidine groups is 1. The molecule has 22 heavy (non-hydrogen) atoms. The van der Waals surface area contributed by atoms with Crippen molar-refractivity contribution in [1.82, 2.24) is 10.2 Å². The summed E-state index contributed by atoms with van der Waals surface area (Å²) in [7, 11) is 3.46. The van der Waals surface area contributed by atoms with E-state index in [0.29, 0.717) is 5.92 Å². The summed E-state index contributed by atoms with van der Waals surface area (Å²) < 4.78 is 5.20. The van der Waals surface area contributed by atoms with E-state index in [9.17, 15) is 4.79 Å². The van der Waals surface area contributed by atoms with E-state index in [4.69, 9.17) is 4.74 Å². The number of rotatable bonds is 5. The third-order valence-corrected chi connectivity index (χ3v) is 3.66. The zero-order valence-corrected chi connectivity index (χ0v) is 13.2. The molecule has 0 radical (unpaired) electrons. The number of carbonyl (C=O) groups is 1. The van der Waals surface area contributed by atoms with Crippen molar-refractivity contribution in [3.05, 3.63) is 30.3 Å². The quantitative estimate of drug-likeness (QED) is 0.633. The maximum Gasteiger partial charge on any atom is 0.243 e. The number of hydrogen-bond donors (Lipinski definition) is 2. The van der Waals surface area contributed by atoms with Gasteiger partial charge in [-0.15, -0.1) is 0 Å². The van der Waals surface area contributed by atoms with Crippen LogP contribution in [0.25, 0.3) is 0 Å². The first-order valence-corrected chi connectivity index (χ1v) is 7.52. The summed E-state index contributed by atoms with van der Waals surface area (Å²) in [6, 6.07) is 9.43. The summed E-state index contributed by atoms with van der Waals surface area (Å²) in [5.74, 6) is 1.21. The van der Waals surface area contributed by atoms with Gasteiger partial charge in [-0.3, -0.25) is 9.79 Å². The molecule has 1 aliphatic rings. The molecule has 1 aliphatic heterocycles. The van der Waals surface area contributed by atoms with Crippen molar-refractivity contribution >= 4 is 17.6 Å². The summed E-state index contributed by atoms with van der Waals surface area (Å²) in [4.78, 5) is 18.4. The molecule has 0 aliphatic carbocycles. The van der Waals surface area contributed by atoms with Gasteiger partial charge in [-0.05, 0) is 18.6 Å². The van der Waals surface area contributed by atoms with Crippen molar-refractivity contribution in [3.63, 3.8) is 0 Å². The summed E-state index contributed by atoms with van der Waals surface area (Å²) in [5.41, 5.74) is 0.797. The second kappa shape index (κ2) is 8.38. The lowest BCUT2D eigenvalue weighted by Crippen LogP contribution is -2.43. The molecule has 1 atom stereocenters. The van der Waals surface area contributed by atoms with E-state index < -0.39 is 0 Å². The van der Waals surface area contributed by atoms with Crippen LogP contribution in [-0.4, -0.2) is 57.2 Å². The van der Waals surface area contributed by atoms with Crippen LogP contribution in [0.4, 0.5) is 5.69 Å². The number of hydrogen-bond acceptors (Lipinski definition) is 3. The van der Waals surface area contributed by atoms with Gasteiger partial charge in [0.1, 0.15) is 0 Å². The number of benzene rings is 1. The van der Waals surface area contributed by atoms with Crippen molar-refractivity contribution in [1.29, 1.82) is 0 Å². The number of amides is 1. The lowest BCUT2D eigenvalue weighted by atomic mass is 10.1. The van der Waals surface area contributed by atoms with Gasteiger partial charge in [-0.1, -0.05) is 18.2 Å². The van der Waals surface area contributed by atoms with Crippen LogP contribution in [0.5, 0.6) is 0 Å². The van der Waals surface area contributed by atoms with Crippen LogP contribution in [0, 0.1) is 5.92 Å². The second-order valence-electron chi connectivity index (χ2n) is 5.37. The first-order chi connectivity index (χ1) is 10.7. The Kier molecular flexibility index (Phi) is 6.21. The Balaban J connectivity index is 1.78. The molecule has 1 amide bonds. The summed E-state index contributed by atoms with van der Waals surface area (Å²) in [6.07, 6.45) is 1.09. The number of ether oxygens (including phenoxy) is 1. The number of likely N-dealkylation sites (tertiary alicyclic amines) is 1. The SMILES string of the molecule is CN=C(NCC(=O)Nc1ccccc1)N1CCC(COC)C1. The van der Waals surface area contributed by atoms with E-state index in [1.165, 1.54) is 0 Å². The number of carbonyl (C=O) groups excluding carboxylic acids is 1. The molecule has 6 nitrogen and oxygen atoms in total. The lowest BCUT2D eigenvalue weighted by molar-refractivity contribution is -0.115. The molecular formula is C16H24N4O2. The van der Waals surface area contributed by atoms with E-state index in [1.807, 2.05) is 30.3 Å². The standard InChI is InChI=1S/C16H24N4O2/c1-17-16(20-9-8-13(11-20)12-22-2)18-10-15(21)19-14-6-4-3-5-7-14/h3-7,13H,8-12H2,1-2H3,(H,17,18)(H,19,21). The molecule has 1 saturated heterocycles. The fourth-order valence-corrected chi connectivity index (χ4v) is 2.62. The predicted molar refractivity (Wildman–Crippen MR) is 88.0 cm³/mol. The summed E-state index contributed by atoms with van der Waals surface area (Å²) in [5, 5.41) is 5.96. The minimum Gasteiger partial charge on any atom is -0.384 e. The molecule has 2 N–H and O–H groups in total. The monoisotopic (exact) mass is 304 g/mol. The topological polar surface area (TPSA) is 66.0 Å². The van der Waals surface area contributed by atoms with Crippen LogP contribution in [-0.2, 0) is 9.53 Å². The summed E-state index contributed by atoms with van der Waals surface area (Å²) >= 11 is 0. The molecule has 1 aromatic rings. The van der Waals surface area contributed by atoms with Gasteiger partial charge in [0, 0.05) is 38.9 Å². The van der Waals surface area contributed by atoms with Crippen molar-refractivity contribution < 1.29 is 9.53 Å². The van der Waals surface area contributed by atoms with Gasteiger partial charge in [0.25, 0.3) is 0 Å². The van der Waals surface area contributed by atoms with Crippen LogP contribution < -0.4 is 10.6 Å². The van der Waals surface area contributed by atoms with Gasteiger partial charge in [-0.2, -0.15) is 0 Å². The van der Waals surface area contributed by atoms with Crippen LogP contribution in [0.1, 0.15) is 6.42 Å². The number of anilines is 1. The number of nitrogens with zero attached hydrogens (tertiary/aromatic N) is 2. The number of aliphatic imine (C=N–C) groups is 1. The normalized spacial score (nSPS) is 18.4. The Labute approximate surface area is 131 Å². The Morgan fingerprint density at radius 2 is 2.18 bits per heavy atom. The maximum atomic E-state index is 11.9. The van der Waals surface area contributed by atoms with E-state index in [0.717, 1.165) is 37.8 Å². The molecule has 120 valence electrons. The van der Waals surface area contributed by atoms with Gasteiger partial charge in [-0.25, -0.2) is 0 Å². The molecule has 0 aromatic heterocycles. The van der Waals surface area contributed by atoms with Gasteiger partial charge in [0.15, 0.2) is 5.96 Å². The molecule has 1 aromatic carbocycles. The molecule has 1 heterocycles. The van der Waals surface area contributed by atoms with E-state index in [-0.39, 0.29) is 12.5 Å². The van der Waals surface area contributed by atoms with Gasteiger partial charge in [0.2, 0.25) is 5.91 Å². The van der Waals surface area contributed by atoms with Crippen LogP contribution in [0.2, 0.25) is 0 Å². The first-order valence-electron chi connectivity index (χ1n) is 7.52. The van der Waals surface area contributed by atoms with Gasteiger partial charge < -0.3 is 20.3 Å². The molecular weight excluding hydrogens is 280 g/mol. The van der Waals surface area contributed by atoms with Crippen LogP contribution in [0.15, 0.2) is 35.3 Å². The highest BCUT2D eigenvalue weighted by atomic mass is 16.5. The minimum atomic E-state index is -0.0833. The Bertz CT molecular complexity index is 504. The van der Waals surface area contributed by atoms with Gasteiger partial charge in [0.05, 0.1) is 13.2 Å². The van der Waals surface area contributed by atoms with Crippen molar-refractivity contribution in [2.75, 3.05) is 45.7 Å². The number of nitrogens with one attached hydrogen (secondary N) is 2. The number of para-hydroxylation sites is 1. The molecule has 1 fully saturated rings. The highest BCUT2D eigenvalue weighted by Gasteiger charge is 2.24. The molecule has 2 rings (SSSR count). The predicted octanol–water partition coefficient (Wildman–Crippen LogP) is 1.17. The first kappa shape index (κ1) is 16.3. The molecule has 6 heteroatoms. The van der Waals surface area contributed by atoms with Crippen molar-refractivity contribution in [2.24, 2.45) is 10.9 Å². The van der Waals surface area contributed by atoms with Crippen LogP contribution in [0.3, 0.4) is 0 Å². The fraction of sp³-hybridized carbons (Fsp3) is 0.500. The highest BCUT2D eigenvalue weighted by Crippen LogP contribution is 2.16. The smallest absolute Gasteiger partial charge is 0.243 e.